The SMILES string of the molecule is [CH2-]CCNC(=O)N(Cc1ccccc1)CC1CCOCC1.[Y]. The zero-order chi connectivity index (χ0) is 14.9. The molecule has 1 fully saturated rings. The minimum absolute atomic E-state index is 0. The second-order valence-corrected chi connectivity index (χ2v) is 5.51. The van der Waals surface area contributed by atoms with Crippen molar-refractivity contribution in [3.05, 3.63) is 42.8 Å². The van der Waals surface area contributed by atoms with Crippen molar-refractivity contribution in [3.63, 3.8) is 0 Å². The molecule has 0 unspecified atom stereocenters. The van der Waals surface area contributed by atoms with Gasteiger partial charge in [0.2, 0.25) is 0 Å². The zero-order valence-corrected chi connectivity index (χ0v) is 16.0. The molecule has 1 saturated heterocycles. The third-order valence-electron chi connectivity index (χ3n) is 3.78. The Kier molecular flexibility index (Phi) is 9.93. The van der Waals surface area contributed by atoms with Gasteiger partial charge in [0, 0.05) is 59.0 Å². The Morgan fingerprint density at radius 3 is 2.59 bits per heavy atom. The average Bonchev–Trinajstić information content (AvgIpc) is 2.54. The van der Waals surface area contributed by atoms with E-state index < -0.39 is 0 Å². The van der Waals surface area contributed by atoms with Crippen LogP contribution in [0.1, 0.15) is 24.8 Å². The summed E-state index contributed by atoms with van der Waals surface area (Å²) >= 11 is 0. The van der Waals surface area contributed by atoms with E-state index in [0.717, 1.165) is 38.2 Å². The van der Waals surface area contributed by atoms with Gasteiger partial charge < -0.3 is 21.9 Å². The largest absolute Gasteiger partial charge is 0.381 e. The van der Waals surface area contributed by atoms with Crippen molar-refractivity contribution in [1.29, 1.82) is 0 Å². The molecule has 5 heteroatoms. The first-order chi connectivity index (χ1) is 10.3. The molecule has 0 aromatic heterocycles. The van der Waals surface area contributed by atoms with E-state index in [0.29, 0.717) is 25.4 Å². The molecule has 0 spiro atoms. The van der Waals surface area contributed by atoms with E-state index >= 15 is 0 Å². The number of ether oxygens (including phenoxy) is 1. The summed E-state index contributed by atoms with van der Waals surface area (Å²) in [6, 6.07) is 10.1. The second-order valence-electron chi connectivity index (χ2n) is 5.51. The number of benzene rings is 1. The molecule has 0 atom stereocenters. The van der Waals surface area contributed by atoms with Gasteiger partial charge in [0.1, 0.15) is 0 Å². The Morgan fingerprint density at radius 2 is 1.95 bits per heavy atom. The fourth-order valence-electron chi connectivity index (χ4n) is 2.57. The van der Waals surface area contributed by atoms with Gasteiger partial charge in [-0.15, -0.1) is 0 Å². The van der Waals surface area contributed by atoms with Crippen LogP contribution in [0.2, 0.25) is 0 Å². The van der Waals surface area contributed by atoms with Crippen molar-refractivity contribution in [2.45, 2.75) is 25.8 Å². The monoisotopic (exact) mass is 378 g/mol. The van der Waals surface area contributed by atoms with Crippen molar-refractivity contribution in [2.75, 3.05) is 26.3 Å². The Bertz CT molecular complexity index is 422. The number of hydrogen-bond donors (Lipinski definition) is 1. The van der Waals surface area contributed by atoms with Crippen molar-refractivity contribution in [1.82, 2.24) is 10.2 Å². The van der Waals surface area contributed by atoms with Gasteiger partial charge in [0.05, 0.1) is 0 Å². The molecule has 0 bridgehead atoms. The van der Waals surface area contributed by atoms with Crippen molar-refractivity contribution in [3.8, 4) is 0 Å². The number of hydrogen-bond acceptors (Lipinski definition) is 2. The summed E-state index contributed by atoms with van der Waals surface area (Å²) < 4.78 is 5.40. The van der Waals surface area contributed by atoms with Crippen LogP contribution in [-0.4, -0.2) is 37.2 Å². The molecule has 0 saturated carbocycles. The summed E-state index contributed by atoms with van der Waals surface area (Å²) in [5.74, 6) is 0.535. The molecule has 1 radical (unpaired) electrons. The number of urea groups is 1. The number of rotatable bonds is 6. The van der Waals surface area contributed by atoms with Gasteiger partial charge in [0.15, 0.2) is 0 Å². The van der Waals surface area contributed by atoms with Crippen LogP contribution in [0, 0.1) is 12.8 Å². The molecule has 1 heterocycles. The number of nitrogens with one attached hydrogen (secondary N) is 1. The Morgan fingerprint density at radius 1 is 1.27 bits per heavy atom. The second kappa shape index (κ2) is 11.1. The van der Waals surface area contributed by atoms with Gasteiger partial charge in [-0.1, -0.05) is 30.3 Å². The maximum absolute atomic E-state index is 12.3. The molecule has 4 nitrogen and oxygen atoms in total. The molecule has 2 rings (SSSR count). The van der Waals surface area contributed by atoms with E-state index in [1.165, 1.54) is 0 Å². The van der Waals surface area contributed by atoms with Crippen molar-refractivity contribution < 1.29 is 42.2 Å². The molecule has 119 valence electrons. The third kappa shape index (κ3) is 6.76. The predicted molar refractivity (Wildman–Crippen MR) is 83.8 cm³/mol. The summed E-state index contributed by atoms with van der Waals surface area (Å²) in [5.41, 5.74) is 1.16. The Hall–Kier alpha value is -0.446. The minimum Gasteiger partial charge on any atom is -0.381 e. The van der Waals surface area contributed by atoms with Crippen LogP contribution >= 0.6 is 0 Å². The van der Waals surface area contributed by atoms with Crippen LogP contribution in [0.4, 0.5) is 4.79 Å². The first-order valence-corrected chi connectivity index (χ1v) is 7.73. The molecule has 1 N–H and O–H groups in total. The molecular formula is C17H25N2O2Y-. The van der Waals surface area contributed by atoms with Gasteiger partial charge in [0.25, 0.3) is 0 Å². The molecule has 1 aromatic rings. The number of nitrogens with zero attached hydrogens (tertiary/aromatic N) is 1. The van der Waals surface area contributed by atoms with Crippen LogP contribution in [-0.2, 0) is 44.0 Å². The van der Waals surface area contributed by atoms with Crippen LogP contribution in [0.5, 0.6) is 0 Å². The van der Waals surface area contributed by atoms with Gasteiger partial charge in [-0.3, -0.25) is 0 Å². The summed E-state index contributed by atoms with van der Waals surface area (Å²) in [5, 5.41) is 2.94. The molecule has 2 amide bonds. The van der Waals surface area contributed by atoms with Gasteiger partial charge in [-0.2, -0.15) is 6.42 Å². The molecule has 1 aliphatic rings. The van der Waals surface area contributed by atoms with E-state index in [4.69, 9.17) is 4.74 Å². The molecule has 0 aliphatic carbocycles. The van der Waals surface area contributed by atoms with Crippen molar-refractivity contribution in [2.24, 2.45) is 5.92 Å². The van der Waals surface area contributed by atoms with Crippen LogP contribution in [0.15, 0.2) is 30.3 Å². The van der Waals surface area contributed by atoms with Gasteiger partial charge in [-0.05, 0) is 30.9 Å². The van der Waals surface area contributed by atoms with Gasteiger partial charge in [-0.25, -0.2) is 4.79 Å². The number of carbonyl (C=O) groups excluding carboxylic acids is 1. The summed E-state index contributed by atoms with van der Waals surface area (Å²) in [6.45, 7) is 7.46. The molecule has 22 heavy (non-hydrogen) atoms. The van der Waals surface area contributed by atoms with E-state index in [9.17, 15) is 4.79 Å². The summed E-state index contributed by atoms with van der Waals surface area (Å²) in [6.07, 6.45) is 2.78. The van der Waals surface area contributed by atoms with Gasteiger partial charge >= 0.3 is 6.03 Å². The molecule has 1 aliphatic heterocycles. The quantitative estimate of drug-likeness (QED) is 0.774. The first kappa shape index (κ1) is 19.6. The fourth-order valence-corrected chi connectivity index (χ4v) is 2.57. The summed E-state index contributed by atoms with van der Waals surface area (Å²) in [4.78, 5) is 14.3. The van der Waals surface area contributed by atoms with E-state index in [2.05, 4.69) is 24.4 Å². The third-order valence-corrected chi connectivity index (χ3v) is 3.78. The summed E-state index contributed by atoms with van der Waals surface area (Å²) in [7, 11) is 0. The normalized spacial score (nSPS) is 15.0. The Balaban J connectivity index is 0.00000242. The van der Waals surface area contributed by atoms with E-state index in [1.54, 1.807) is 0 Å². The minimum atomic E-state index is 0. The average molecular weight is 378 g/mol. The van der Waals surface area contributed by atoms with E-state index in [1.807, 2.05) is 23.1 Å². The van der Waals surface area contributed by atoms with Crippen LogP contribution in [0.3, 0.4) is 0 Å². The Labute approximate surface area is 158 Å². The molecular weight excluding hydrogens is 353 g/mol. The number of carbonyl (C=O) groups is 1. The van der Waals surface area contributed by atoms with Crippen LogP contribution in [0.25, 0.3) is 0 Å². The zero-order valence-electron chi connectivity index (χ0n) is 13.2. The topological polar surface area (TPSA) is 41.6 Å². The maximum atomic E-state index is 12.3. The fraction of sp³-hybridized carbons (Fsp3) is 0.529. The smallest absolute Gasteiger partial charge is 0.317 e. The van der Waals surface area contributed by atoms with Crippen molar-refractivity contribution >= 4 is 6.03 Å². The standard InChI is InChI=1S/C17H25N2O2.Y/c1-2-10-18-17(20)19(13-15-6-4-3-5-7-15)14-16-8-11-21-12-9-16;/h3-7,16H,1-2,8-14H2,(H,18,20);/q-1;. The maximum Gasteiger partial charge on any atom is 0.317 e. The predicted octanol–water partition coefficient (Wildman–Crippen LogP) is 2.85. The van der Waals surface area contributed by atoms with E-state index in [-0.39, 0.29) is 38.7 Å². The molecule has 1 aromatic carbocycles. The van der Waals surface area contributed by atoms with Crippen LogP contribution < -0.4 is 5.32 Å². The number of amides is 2. The first-order valence-electron chi connectivity index (χ1n) is 7.73.